The number of allylic oxidation sites excluding steroid dienone is 2. The highest BCUT2D eigenvalue weighted by molar-refractivity contribution is 9.11. The predicted octanol–water partition coefficient (Wildman–Crippen LogP) is 2.29. The van der Waals surface area contributed by atoms with Gasteiger partial charge in [-0.15, -0.1) is 0 Å². The first-order valence-electron chi connectivity index (χ1n) is 7.87. The number of fused-ring (bicyclic) bond motifs is 1. The molecule has 0 bridgehead atoms. The molecule has 3 heterocycles. The molecule has 4 rings (SSSR count). The second kappa shape index (κ2) is 6.03. The second-order valence-electron chi connectivity index (χ2n) is 5.92. The Morgan fingerprint density at radius 3 is 2.46 bits per heavy atom. The Labute approximate surface area is 148 Å². The number of nitrogens with zero attached hydrogens (tertiary/aromatic N) is 1. The fourth-order valence-electron chi connectivity index (χ4n) is 3.33. The van der Waals surface area contributed by atoms with Gasteiger partial charge in [0.1, 0.15) is 0 Å². The van der Waals surface area contributed by atoms with Gasteiger partial charge in [0.05, 0.1) is 22.9 Å². The molecule has 2 amide bonds. The van der Waals surface area contributed by atoms with Gasteiger partial charge in [0, 0.05) is 17.2 Å². The average molecular weight is 386 g/mol. The molecule has 1 unspecified atom stereocenters. The van der Waals surface area contributed by atoms with Crippen molar-refractivity contribution < 1.29 is 9.59 Å². The number of rotatable bonds is 2. The zero-order chi connectivity index (χ0) is 16.7. The van der Waals surface area contributed by atoms with Crippen LogP contribution in [0.1, 0.15) is 27.1 Å². The van der Waals surface area contributed by atoms with Gasteiger partial charge in [0.15, 0.2) is 0 Å². The molecule has 1 atom stereocenters. The van der Waals surface area contributed by atoms with E-state index in [-0.39, 0.29) is 17.9 Å². The Hall–Kier alpha value is -2.18. The summed E-state index contributed by atoms with van der Waals surface area (Å²) in [7, 11) is 0. The van der Waals surface area contributed by atoms with Gasteiger partial charge in [-0.1, -0.05) is 18.2 Å². The van der Waals surface area contributed by atoms with Crippen molar-refractivity contribution in [3.05, 3.63) is 69.5 Å². The lowest BCUT2D eigenvalue weighted by molar-refractivity contribution is 0.0695. The highest BCUT2D eigenvalue weighted by Crippen LogP contribution is 2.32. The van der Waals surface area contributed by atoms with Gasteiger partial charge in [0.2, 0.25) is 0 Å². The van der Waals surface area contributed by atoms with E-state index in [9.17, 15) is 9.59 Å². The Morgan fingerprint density at radius 1 is 1.12 bits per heavy atom. The average Bonchev–Trinajstić information content (AvgIpc) is 2.87. The van der Waals surface area contributed by atoms with E-state index in [1.165, 1.54) is 10.5 Å². The van der Waals surface area contributed by atoms with Crippen LogP contribution in [-0.2, 0) is 0 Å². The molecular formula is C18H16BrN3O2. The number of amides is 2. The van der Waals surface area contributed by atoms with Gasteiger partial charge in [-0.2, -0.15) is 0 Å². The van der Waals surface area contributed by atoms with Crippen LogP contribution in [-0.4, -0.2) is 35.8 Å². The zero-order valence-electron chi connectivity index (χ0n) is 12.9. The number of imide groups is 1. The summed E-state index contributed by atoms with van der Waals surface area (Å²) in [6.07, 6.45) is 6.71. The Bertz CT molecular complexity index is 790. The largest absolute Gasteiger partial charge is 0.378 e. The van der Waals surface area contributed by atoms with Crippen molar-refractivity contribution in [3.8, 4) is 0 Å². The van der Waals surface area contributed by atoms with E-state index in [0.29, 0.717) is 16.8 Å². The number of dihydropyridines is 1. The first-order valence-corrected chi connectivity index (χ1v) is 8.67. The molecule has 3 aliphatic heterocycles. The molecule has 0 saturated carbocycles. The third kappa shape index (κ3) is 2.42. The van der Waals surface area contributed by atoms with Gasteiger partial charge < -0.3 is 10.6 Å². The van der Waals surface area contributed by atoms with Gasteiger partial charge in [-0.3, -0.25) is 9.59 Å². The van der Waals surface area contributed by atoms with Crippen molar-refractivity contribution in [1.82, 2.24) is 15.5 Å². The molecule has 0 radical (unpaired) electrons. The fourth-order valence-corrected chi connectivity index (χ4v) is 3.70. The van der Waals surface area contributed by atoms with Gasteiger partial charge in [0.25, 0.3) is 11.8 Å². The van der Waals surface area contributed by atoms with Crippen LogP contribution in [0.25, 0.3) is 0 Å². The molecular weight excluding hydrogens is 370 g/mol. The summed E-state index contributed by atoms with van der Waals surface area (Å²) in [5.74, 6) is -0.518. The number of hydrogen-bond donors (Lipinski definition) is 2. The topological polar surface area (TPSA) is 61.4 Å². The number of carbonyl (C=O) groups excluding carboxylic acids is 2. The molecule has 122 valence electrons. The molecule has 24 heavy (non-hydrogen) atoms. The van der Waals surface area contributed by atoms with E-state index in [4.69, 9.17) is 0 Å². The van der Waals surface area contributed by atoms with Crippen LogP contribution in [0.15, 0.2) is 58.4 Å². The second-order valence-corrected chi connectivity index (χ2v) is 6.84. The van der Waals surface area contributed by atoms with E-state index in [1.54, 1.807) is 24.3 Å². The quantitative estimate of drug-likeness (QED) is 0.605. The van der Waals surface area contributed by atoms with Crippen LogP contribution in [0.4, 0.5) is 0 Å². The molecule has 0 fully saturated rings. The van der Waals surface area contributed by atoms with Crippen LogP contribution in [0.2, 0.25) is 0 Å². The Balaban J connectivity index is 1.76. The molecule has 1 aromatic rings. The maximum atomic E-state index is 12.8. The molecule has 1 aromatic carbocycles. The van der Waals surface area contributed by atoms with Crippen molar-refractivity contribution in [2.45, 2.75) is 12.5 Å². The van der Waals surface area contributed by atoms with Crippen molar-refractivity contribution in [2.24, 2.45) is 0 Å². The predicted molar refractivity (Wildman–Crippen MR) is 94.5 cm³/mol. The number of benzene rings is 1. The van der Waals surface area contributed by atoms with Crippen molar-refractivity contribution in [2.75, 3.05) is 13.1 Å². The van der Waals surface area contributed by atoms with E-state index in [0.717, 1.165) is 24.0 Å². The summed E-state index contributed by atoms with van der Waals surface area (Å²) in [5, 5.41) is 6.60. The number of carbonyl (C=O) groups is 2. The first kappa shape index (κ1) is 15.4. The molecule has 0 saturated heterocycles. The van der Waals surface area contributed by atoms with Crippen molar-refractivity contribution >= 4 is 27.7 Å². The Kier molecular flexibility index (Phi) is 3.86. The summed E-state index contributed by atoms with van der Waals surface area (Å²) < 4.78 is 0.805. The highest BCUT2D eigenvalue weighted by atomic mass is 79.9. The number of halogens is 1. The van der Waals surface area contributed by atoms with Gasteiger partial charge in [-0.05, 0) is 52.7 Å². The summed E-state index contributed by atoms with van der Waals surface area (Å²) in [6.45, 7) is 1.69. The monoisotopic (exact) mass is 385 g/mol. The summed E-state index contributed by atoms with van der Waals surface area (Å²) in [4.78, 5) is 26.9. The maximum Gasteiger partial charge on any atom is 0.265 e. The normalized spacial score (nSPS) is 23.3. The standard InChI is InChI=1S/C18H16BrN3O2/c19-12-9-15(16(21-10-12)11-5-7-20-8-6-11)22-17(23)13-3-1-2-4-14(13)18(22)24/h1-5,9-10,16,20-21H,6-8H2. The first-order chi connectivity index (χ1) is 11.7. The number of hydrogen-bond acceptors (Lipinski definition) is 4. The molecule has 5 nitrogen and oxygen atoms in total. The minimum Gasteiger partial charge on any atom is -0.378 e. The van der Waals surface area contributed by atoms with Gasteiger partial charge in [-0.25, -0.2) is 4.90 Å². The zero-order valence-corrected chi connectivity index (χ0v) is 14.5. The minimum atomic E-state index is -0.259. The molecule has 0 aliphatic carbocycles. The molecule has 3 aliphatic rings. The lowest BCUT2D eigenvalue weighted by Gasteiger charge is -2.32. The smallest absolute Gasteiger partial charge is 0.265 e. The molecule has 6 heteroatoms. The highest BCUT2D eigenvalue weighted by Gasteiger charge is 2.41. The third-order valence-corrected chi connectivity index (χ3v) is 4.95. The van der Waals surface area contributed by atoms with Gasteiger partial charge >= 0.3 is 0 Å². The van der Waals surface area contributed by atoms with Crippen LogP contribution >= 0.6 is 15.9 Å². The molecule has 0 spiro atoms. The van der Waals surface area contributed by atoms with Crippen LogP contribution in [0, 0.1) is 0 Å². The molecule has 2 N–H and O–H groups in total. The van der Waals surface area contributed by atoms with E-state index >= 15 is 0 Å². The van der Waals surface area contributed by atoms with E-state index in [1.807, 2.05) is 12.3 Å². The van der Waals surface area contributed by atoms with Crippen molar-refractivity contribution in [1.29, 1.82) is 0 Å². The number of nitrogens with one attached hydrogen (secondary N) is 2. The van der Waals surface area contributed by atoms with E-state index < -0.39 is 0 Å². The summed E-state index contributed by atoms with van der Waals surface area (Å²) in [6, 6.07) is 6.80. The molecule has 0 aromatic heterocycles. The third-order valence-electron chi connectivity index (χ3n) is 4.49. The Morgan fingerprint density at radius 2 is 1.83 bits per heavy atom. The SMILES string of the molecule is O=C1c2ccccc2C(=O)N1C1=CC(Br)=CNC1C1=CCNCC1. The van der Waals surface area contributed by atoms with E-state index in [2.05, 4.69) is 32.6 Å². The summed E-state index contributed by atoms with van der Waals surface area (Å²) in [5.41, 5.74) is 2.79. The van der Waals surface area contributed by atoms with Crippen LogP contribution < -0.4 is 10.6 Å². The van der Waals surface area contributed by atoms with Crippen LogP contribution in [0.3, 0.4) is 0 Å². The lowest BCUT2D eigenvalue weighted by atomic mass is 9.95. The fraction of sp³-hybridized carbons (Fsp3) is 0.222. The minimum absolute atomic E-state index is 0.171. The lowest BCUT2D eigenvalue weighted by Crippen LogP contribution is -2.43. The summed E-state index contributed by atoms with van der Waals surface area (Å²) >= 11 is 3.44. The maximum absolute atomic E-state index is 12.8. The van der Waals surface area contributed by atoms with Crippen LogP contribution in [0.5, 0.6) is 0 Å². The van der Waals surface area contributed by atoms with Crippen molar-refractivity contribution in [3.63, 3.8) is 0 Å².